The van der Waals surface area contributed by atoms with E-state index in [1.165, 1.54) is 6.07 Å². The largest absolute Gasteiger partial charge is 0.477 e. The fourth-order valence-electron chi connectivity index (χ4n) is 1.59. The Morgan fingerprint density at radius 1 is 1.22 bits per heavy atom. The third kappa shape index (κ3) is 2.63. The molecule has 0 spiro atoms. The van der Waals surface area contributed by atoms with Crippen LogP contribution in [0.4, 0.5) is 11.5 Å². The maximum atomic E-state index is 10.9. The van der Waals surface area contributed by atoms with Gasteiger partial charge in [0.2, 0.25) is 0 Å². The standard InChI is InChI=1S/C13H13N3O2/c1-8-5-3-4-6-10(8)16-12-7-11(13(17)18)14-9(2)15-12/h3-7H,1-2H3,(H,17,18)(H,14,15,16). The van der Waals surface area contributed by atoms with Gasteiger partial charge < -0.3 is 10.4 Å². The van der Waals surface area contributed by atoms with Gasteiger partial charge in [0, 0.05) is 11.8 Å². The third-order valence-corrected chi connectivity index (χ3v) is 2.46. The highest BCUT2D eigenvalue weighted by Gasteiger charge is 2.09. The van der Waals surface area contributed by atoms with Gasteiger partial charge in [-0.15, -0.1) is 0 Å². The number of carbonyl (C=O) groups is 1. The first-order chi connectivity index (χ1) is 8.56. The Hall–Kier alpha value is -2.43. The van der Waals surface area contributed by atoms with Gasteiger partial charge in [-0.1, -0.05) is 18.2 Å². The van der Waals surface area contributed by atoms with Crippen molar-refractivity contribution in [3.05, 3.63) is 47.4 Å². The van der Waals surface area contributed by atoms with Crippen LogP contribution in [0.25, 0.3) is 0 Å². The maximum absolute atomic E-state index is 10.9. The second kappa shape index (κ2) is 4.83. The normalized spacial score (nSPS) is 10.1. The molecule has 0 saturated heterocycles. The molecule has 0 bridgehead atoms. The number of hydrogen-bond donors (Lipinski definition) is 2. The van der Waals surface area contributed by atoms with Crippen LogP contribution in [0, 0.1) is 13.8 Å². The number of anilines is 2. The van der Waals surface area contributed by atoms with E-state index < -0.39 is 5.97 Å². The summed E-state index contributed by atoms with van der Waals surface area (Å²) in [4.78, 5) is 18.9. The van der Waals surface area contributed by atoms with Gasteiger partial charge in [-0.3, -0.25) is 0 Å². The van der Waals surface area contributed by atoms with Crippen LogP contribution in [0.3, 0.4) is 0 Å². The molecule has 0 saturated carbocycles. The molecule has 2 aromatic rings. The predicted molar refractivity (Wildman–Crippen MR) is 68.2 cm³/mol. The molecule has 1 aromatic carbocycles. The molecule has 0 aliphatic rings. The van der Waals surface area contributed by atoms with E-state index in [4.69, 9.17) is 5.11 Å². The zero-order chi connectivity index (χ0) is 13.1. The Labute approximate surface area is 105 Å². The smallest absolute Gasteiger partial charge is 0.354 e. The number of aromatic nitrogens is 2. The zero-order valence-electron chi connectivity index (χ0n) is 10.1. The van der Waals surface area contributed by atoms with Crippen molar-refractivity contribution in [2.75, 3.05) is 5.32 Å². The molecule has 2 N–H and O–H groups in total. The molecule has 92 valence electrons. The summed E-state index contributed by atoms with van der Waals surface area (Å²) in [6.45, 7) is 3.63. The summed E-state index contributed by atoms with van der Waals surface area (Å²) in [7, 11) is 0. The van der Waals surface area contributed by atoms with Gasteiger partial charge in [-0.25, -0.2) is 14.8 Å². The van der Waals surface area contributed by atoms with Crippen LogP contribution in [-0.4, -0.2) is 21.0 Å². The van der Waals surface area contributed by atoms with Gasteiger partial charge in [0.05, 0.1) is 0 Å². The van der Waals surface area contributed by atoms with Gasteiger partial charge >= 0.3 is 5.97 Å². The van der Waals surface area contributed by atoms with Crippen molar-refractivity contribution < 1.29 is 9.90 Å². The molecule has 0 unspecified atom stereocenters. The summed E-state index contributed by atoms with van der Waals surface area (Å²) >= 11 is 0. The zero-order valence-corrected chi connectivity index (χ0v) is 10.1. The van der Waals surface area contributed by atoms with Gasteiger partial charge in [0.15, 0.2) is 5.69 Å². The van der Waals surface area contributed by atoms with Crippen LogP contribution < -0.4 is 5.32 Å². The molecule has 2 rings (SSSR count). The molecule has 1 aromatic heterocycles. The van der Waals surface area contributed by atoms with Gasteiger partial charge in [0.25, 0.3) is 0 Å². The molecule has 5 nitrogen and oxygen atoms in total. The molecule has 0 amide bonds. The average Bonchev–Trinajstić information content (AvgIpc) is 2.31. The van der Waals surface area contributed by atoms with Gasteiger partial charge in [-0.2, -0.15) is 0 Å². The lowest BCUT2D eigenvalue weighted by Crippen LogP contribution is -2.06. The van der Waals surface area contributed by atoms with E-state index in [2.05, 4.69) is 15.3 Å². The molecule has 18 heavy (non-hydrogen) atoms. The minimum Gasteiger partial charge on any atom is -0.477 e. The van der Waals surface area contributed by atoms with Crippen LogP contribution in [0.2, 0.25) is 0 Å². The lowest BCUT2D eigenvalue weighted by atomic mass is 10.2. The van der Waals surface area contributed by atoms with Gasteiger partial charge in [-0.05, 0) is 25.5 Å². The number of nitrogens with zero attached hydrogens (tertiary/aromatic N) is 2. The number of carboxylic acid groups (broad SMARTS) is 1. The number of nitrogens with one attached hydrogen (secondary N) is 1. The van der Waals surface area contributed by atoms with E-state index in [0.29, 0.717) is 11.6 Å². The highest BCUT2D eigenvalue weighted by atomic mass is 16.4. The number of aryl methyl sites for hydroxylation is 2. The summed E-state index contributed by atoms with van der Waals surface area (Å²) in [5, 5.41) is 12.0. The molecule has 1 heterocycles. The van der Waals surface area contributed by atoms with Crippen LogP contribution in [-0.2, 0) is 0 Å². The quantitative estimate of drug-likeness (QED) is 0.866. The average molecular weight is 243 g/mol. The first-order valence-electron chi connectivity index (χ1n) is 5.48. The summed E-state index contributed by atoms with van der Waals surface area (Å²) in [5.41, 5.74) is 1.94. The number of rotatable bonds is 3. The van der Waals surface area contributed by atoms with Crippen molar-refractivity contribution in [3.8, 4) is 0 Å². The molecular weight excluding hydrogens is 230 g/mol. The Balaban J connectivity index is 2.35. The number of hydrogen-bond acceptors (Lipinski definition) is 4. The predicted octanol–water partition coefficient (Wildman–Crippen LogP) is 2.54. The summed E-state index contributed by atoms with van der Waals surface area (Å²) in [6.07, 6.45) is 0. The molecule has 5 heteroatoms. The number of para-hydroxylation sites is 1. The first-order valence-corrected chi connectivity index (χ1v) is 5.48. The number of benzene rings is 1. The lowest BCUT2D eigenvalue weighted by Gasteiger charge is -2.09. The Kier molecular flexibility index (Phi) is 3.23. The SMILES string of the molecule is Cc1nc(Nc2ccccc2C)cc(C(=O)O)n1. The summed E-state index contributed by atoms with van der Waals surface area (Å²) in [5.74, 6) is -0.159. The maximum Gasteiger partial charge on any atom is 0.354 e. The molecule has 0 aliphatic carbocycles. The van der Waals surface area contributed by atoms with Crippen molar-refractivity contribution in [1.29, 1.82) is 0 Å². The van der Waals surface area contributed by atoms with Crippen LogP contribution in [0.5, 0.6) is 0 Å². The minimum atomic E-state index is -1.06. The molecular formula is C13H13N3O2. The van der Waals surface area contributed by atoms with Crippen molar-refractivity contribution in [3.63, 3.8) is 0 Å². The van der Waals surface area contributed by atoms with E-state index in [1.807, 2.05) is 31.2 Å². The number of carboxylic acids is 1. The molecule has 0 fully saturated rings. The van der Waals surface area contributed by atoms with Crippen molar-refractivity contribution in [1.82, 2.24) is 9.97 Å². The fourth-order valence-corrected chi connectivity index (χ4v) is 1.59. The van der Waals surface area contributed by atoms with Crippen LogP contribution >= 0.6 is 0 Å². The van der Waals surface area contributed by atoms with E-state index >= 15 is 0 Å². The van der Waals surface area contributed by atoms with E-state index in [9.17, 15) is 4.79 Å². The number of aromatic carboxylic acids is 1. The van der Waals surface area contributed by atoms with Gasteiger partial charge in [0.1, 0.15) is 11.6 Å². The topological polar surface area (TPSA) is 75.1 Å². The Bertz CT molecular complexity index is 597. The summed E-state index contributed by atoms with van der Waals surface area (Å²) < 4.78 is 0. The molecule has 0 radical (unpaired) electrons. The highest BCUT2D eigenvalue weighted by molar-refractivity contribution is 5.86. The second-order valence-corrected chi connectivity index (χ2v) is 3.93. The van der Waals surface area contributed by atoms with Crippen molar-refractivity contribution >= 4 is 17.5 Å². The monoisotopic (exact) mass is 243 g/mol. The van der Waals surface area contributed by atoms with E-state index in [-0.39, 0.29) is 5.69 Å². The first kappa shape index (κ1) is 12.0. The van der Waals surface area contributed by atoms with E-state index in [1.54, 1.807) is 6.92 Å². The van der Waals surface area contributed by atoms with Crippen molar-refractivity contribution in [2.24, 2.45) is 0 Å². The van der Waals surface area contributed by atoms with Crippen LogP contribution in [0.15, 0.2) is 30.3 Å². The van der Waals surface area contributed by atoms with E-state index in [0.717, 1.165) is 11.3 Å². The summed E-state index contributed by atoms with van der Waals surface area (Å²) in [6, 6.07) is 9.14. The Morgan fingerprint density at radius 3 is 2.61 bits per heavy atom. The third-order valence-electron chi connectivity index (χ3n) is 2.46. The molecule has 0 aliphatic heterocycles. The highest BCUT2D eigenvalue weighted by Crippen LogP contribution is 2.19. The fraction of sp³-hybridized carbons (Fsp3) is 0.154. The van der Waals surface area contributed by atoms with Crippen LogP contribution in [0.1, 0.15) is 21.9 Å². The lowest BCUT2D eigenvalue weighted by molar-refractivity contribution is 0.0690. The minimum absolute atomic E-state index is 0.0152. The second-order valence-electron chi connectivity index (χ2n) is 3.93. The van der Waals surface area contributed by atoms with Crippen molar-refractivity contribution in [2.45, 2.75) is 13.8 Å². The Morgan fingerprint density at radius 2 is 1.94 bits per heavy atom. The molecule has 0 atom stereocenters.